The summed E-state index contributed by atoms with van der Waals surface area (Å²) in [6.45, 7) is 2.77. The fraction of sp³-hybridized carbons (Fsp3) is 0.538. The van der Waals surface area contributed by atoms with Gasteiger partial charge in [-0.1, -0.05) is 0 Å². The minimum atomic E-state index is -0.936. The summed E-state index contributed by atoms with van der Waals surface area (Å²) in [5.74, 6) is -1.57. The van der Waals surface area contributed by atoms with Gasteiger partial charge in [0.2, 0.25) is 0 Å². The molecule has 0 amide bonds. The van der Waals surface area contributed by atoms with E-state index in [2.05, 4.69) is 5.32 Å². The lowest BCUT2D eigenvalue weighted by molar-refractivity contribution is 0.0618. The van der Waals surface area contributed by atoms with E-state index < -0.39 is 17.7 Å². The maximum absolute atomic E-state index is 12.9. The SMILES string of the molecule is COCC(O)CNC(C)COc1ccc(F)c(F)c1. The summed E-state index contributed by atoms with van der Waals surface area (Å²) in [7, 11) is 1.51. The van der Waals surface area contributed by atoms with Crippen LogP contribution in [0.25, 0.3) is 0 Å². The second-order valence-electron chi connectivity index (χ2n) is 4.31. The largest absolute Gasteiger partial charge is 0.492 e. The van der Waals surface area contributed by atoms with E-state index >= 15 is 0 Å². The number of methoxy groups -OCH3 is 1. The summed E-state index contributed by atoms with van der Waals surface area (Å²) >= 11 is 0. The zero-order valence-corrected chi connectivity index (χ0v) is 11.0. The molecule has 0 spiro atoms. The van der Waals surface area contributed by atoms with Gasteiger partial charge in [0, 0.05) is 25.8 Å². The summed E-state index contributed by atoms with van der Waals surface area (Å²) in [5, 5.41) is 12.5. The number of nitrogens with one attached hydrogen (secondary N) is 1. The molecule has 2 unspecified atom stereocenters. The molecule has 6 heteroatoms. The van der Waals surface area contributed by atoms with Gasteiger partial charge in [-0.3, -0.25) is 0 Å². The highest BCUT2D eigenvalue weighted by Gasteiger charge is 2.08. The van der Waals surface area contributed by atoms with Crippen LogP contribution in [-0.2, 0) is 4.74 Å². The third-order valence-corrected chi connectivity index (χ3v) is 2.45. The molecule has 0 saturated carbocycles. The van der Waals surface area contributed by atoms with Crippen LogP contribution in [0.2, 0.25) is 0 Å². The highest BCUT2D eigenvalue weighted by molar-refractivity contribution is 5.23. The Morgan fingerprint density at radius 1 is 1.26 bits per heavy atom. The fourth-order valence-electron chi connectivity index (χ4n) is 1.44. The maximum Gasteiger partial charge on any atom is 0.162 e. The predicted molar refractivity (Wildman–Crippen MR) is 67.2 cm³/mol. The van der Waals surface area contributed by atoms with Gasteiger partial charge in [0.1, 0.15) is 12.4 Å². The molecule has 0 aromatic heterocycles. The van der Waals surface area contributed by atoms with Gasteiger partial charge in [-0.25, -0.2) is 8.78 Å². The molecule has 0 aliphatic rings. The summed E-state index contributed by atoms with van der Waals surface area (Å²) in [5.41, 5.74) is 0. The molecule has 2 atom stereocenters. The van der Waals surface area contributed by atoms with Crippen molar-refractivity contribution in [2.45, 2.75) is 19.1 Å². The number of rotatable bonds is 8. The predicted octanol–water partition coefficient (Wildman–Crippen LogP) is 1.33. The molecule has 1 aromatic rings. The lowest BCUT2D eigenvalue weighted by Gasteiger charge is -2.17. The minimum absolute atomic E-state index is 0.0420. The first-order valence-electron chi connectivity index (χ1n) is 6.01. The van der Waals surface area contributed by atoms with Gasteiger partial charge in [-0.05, 0) is 19.1 Å². The van der Waals surface area contributed by atoms with Crippen LogP contribution in [0.3, 0.4) is 0 Å². The van der Waals surface area contributed by atoms with E-state index in [0.29, 0.717) is 6.54 Å². The first-order valence-corrected chi connectivity index (χ1v) is 6.01. The van der Waals surface area contributed by atoms with Gasteiger partial charge in [-0.15, -0.1) is 0 Å². The zero-order valence-electron chi connectivity index (χ0n) is 11.0. The van der Waals surface area contributed by atoms with E-state index in [4.69, 9.17) is 9.47 Å². The van der Waals surface area contributed by atoms with Crippen LogP contribution in [0.1, 0.15) is 6.92 Å². The molecule has 0 heterocycles. The van der Waals surface area contributed by atoms with Gasteiger partial charge >= 0.3 is 0 Å². The Morgan fingerprint density at radius 3 is 2.63 bits per heavy atom. The van der Waals surface area contributed by atoms with Crippen molar-refractivity contribution < 1.29 is 23.4 Å². The van der Waals surface area contributed by atoms with Gasteiger partial charge in [-0.2, -0.15) is 0 Å². The summed E-state index contributed by atoms with van der Waals surface area (Å²) in [6, 6.07) is 3.34. The highest BCUT2D eigenvalue weighted by atomic mass is 19.2. The summed E-state index contributed by atoms with van der Waals surface area (Å²) in [4.78, 5) is 0. The Bertz CT molecular complexity index is 390. The van der Waals surface area contributed by atoms with E-state index in [0.717, 1.165) is 12.1 Å². The molecule has 1 rings (SSSR count). The maximum atomic E-state index is 12.9. The second kappa shape index (κ2) is 8.04. The fourth-order valence-corrected chi connectivity index (χ4v) is 1.44. The van der Waals surface area contributed by atoms with Crippen LogP contribution < -0.4 is 10.1 Å². The number of halogens is 2. The van der Waals surface area contributed by atoms with Crippen molar-refractivity contribution in [3.8, 4) is 5.75 Å². The number of benzene rings is 1. The number of hydrogen-bond donors (Lipinski definition) is 2. The average Bonchev–Trinajstić information content (AvgIpc) is 2.38. The van der Waals surface area contributed by atoms with Crippen molar-refractivity contribution in [3.63, 3.8) is 0 Å². The average molecular weight is 275 g/mol. The van der Waals surface area contributed by atoms with Crippen molar-refractivity contribution in [3.05, 3.63) is 29.8 Å². The molecule has 108 valence electrons. The Balaban J connectivity index is 2.29. The van der Waals surface area contributed by atoms with E-state index in [9.17, 15) is 13.9 Å². The smallest absolute Gasteiger partial charge is 0.162 e. The molecule has 0 aliphatic carbocycles. The van der Waals surface area contributed by atoms with Gasteiger partial charge in [0.05, 0.1) is 12.7 Å². The third-order valence-electron chi connectivity index (χ3n) is 2.45. The molecule has 0 aliphatic heterocycles. The molecule has 0 saturated heterocycles. The van der Waals surface area contributed by atoms with Crippen molar-refractivity contribution >= 4 is 0 Å². The van der Waals surface area contributed by atoms with E-state index in [1.54, 1.807) is 0 Å². The Kier molecular flexibility index (Phi) is 6.69. The van der Waals surface area contributed by atoms with E-state index in [-0.39, 0.29) is 25.0 Å². The van der Waals surface area contributed by atoms with Crippen LogP contribution in [0.5, 0.6) is 5.75 Å². The molecule has 0 fully saturated rings. The van der Waals surface area contributed by atoms with Crippen LogP contribution in [0, 0.1) is 11.6 Å². The zero-order chi connectivity index (χ0) is 14.3. The standard InChI is InChI=1S/C13H19F2NO3/c1-9(16-6-10(17)8-18-2)7-19-11-3-4-12(14)13(15)5-11/h3-5,9-10,16-17H,6-8H2,1-2H3. The quantitative estimate of drug-likeness (QED) is 0.751. The van der Waals surface area contributed by atoms with E-state index in [1.165, 1.54) is 13.2 Å². The Morgan fingerprint density at radius 2 is 2.00 bits per heavy atom. The van der Waals surface area contributed by atoms with Crippen LogP contribution in [0.4, 0.5) is 8.78 Å². The molecule has 2 N–H and O–H groups in total. The Labute approximate surface area is 111 Å². The first-order chi connectivity index (χ1) is 9.02. The van der Waals surface area contributed by atoms with Crippen molar-refractivity contribution in [1.82, 2.24) is 5.32 Å². The monoisotopic (exact) mass is 275 g/mol. The second-order valence-corrected chi connectivity index (χ2v) is 4.31. The van der Waals surface area contributed by atoms with E-state index in [1.807, 2.05) is 6.92 Å². The third kappa shape index (κ3) is 5.96. The van der Waals surface area contributed by atoms with Crippen molar-refractivity contribution in [1.29, 1.82) is 0 Å². The molecule has 19 heavy (non-hydrogen) atoms. The molecular weight excluding hydrogens is 256 g/mol. The first kappa shape index (κ1) is 15.8. The molecule has 1 aromatic carbocycles. The van der Waals surface area contributed by atoms with Gasteiger partial charge in [0.25, 0.3) is 0 Å². The van der Waals surface area contributed by atoms with Gasteiger partial charge in [0.15, 0.2) is 11.6 Å². The number of hydrogen-bond acceptors (Lipinski definition) is 4. The number of aliphatic hydroxyl groups is 1. The van der Waals surface area contributed by atoms with Crippen LogP contribution in [0.15, 0.2) is 18.2 Å². The molecule has 0 radical (unpaired) electrons. The lowest BCUT2D eigenvalue weighted by Crippen LogP contribution is -2.38. The summed E-state index contributed by atoms with van der Waals surface area (Å²) in [6.07, 6.45) is -0.587. The molecule has 4 nitrogen and oxygen atoms in total. The highest BCUT2D eigenvalue weighted by Crippen LogP contribution is 2.15. The van der Waals surface area contributed by atoms with Crippen molar-refractivity contribution in [2.75, 3.05) is 26.9 Å². The minimum Gasteiger partial charge on any atom is -0.492 e. The normalized spacial score (nSPS) is 14.2. The lowest BCUT2D eigenvalue weighted by atomic mass is 10.3. The van der Waals surface area contributed by atoms with Gasteiger partial charge < -0.3 is 19.9 Å². The Hall–Kier alpha value is -1.24. The number of ether oxygens (including phenoxy) is 2. The van der Waals surface area contributed by atoms with Crippen molar-refractivity contribution in [2.24, 2.45) is 0 Å². The van der Waals surface area contributed by atoms with Crippen LogP contribution >= 0.6 is 0 Å². The molecular formula is C13H19F2NO3. The number of aliphatic hydroxyl groups excluding tert-OH is 1. The summed E-state index contributed by atoms with van der Waals surface area (Å²) < 4.78 is 35.7. The topological polar surface area (TPSA) is 50.7 Å². The van der Waals surface area contributed by atoms with Crippen LogP contribution in [-0.4, -0.2) is 44.1 Å². The molecule has 0 bridgehead atoms.